The number of carbonyl (C=O) groups excluding carboxylic acids is 2. The van der Waals surface area contributed by atoms with Crippen LogP contribution < -0.4 is 20.1 Å². The van der Waals surface area contributed by atoms with Gasteiger partial charge < -0.3 is 24.7 Å². The molecular weight excluding hydrogens is 432 g/mol. The molecule has 8 nitrogen and oxygen atoms in total. The average molecular weight is 457 g/mol. The van der Waals surface area contributed by atoms with Gasteiger partial charge in [-0.15, -0.1) is 0 Å². The lowest BCUT2D eigenvalue weighted by molar-refractivity contribution is -0.116. The molecule has 5 rings (SSSR count). The number of imidazole rings is 1. The molecule has 1 aliphatic heterocycles. The Labute approximate surface area is 196 Å². The van der Waals surface area contributed by atoms with Crippen molar-refractivity contribution in [2.75, 3.05) is 18.7 Å². The first kappa shape index (κ1) is 21.5. The summed E-state index contributed by atoms with van der Waals surface area (Å²) in [7, 11) is 0. The van der Waals surface area contributed by atoms with Crippen LogP contribution in [0.2, 0.25) is 0 Å². The molecule has 1 aromatic heterocycles. The number of nitrogens with zero attached hydrogens (tertiary/aromatic N) is 2. The van der Waals surface area contributed by atoms with Crippen LogP contribution in [0.1, 0.15) is 22.6 Å². The van der Waals surface area contributed by atoms with Crippen molar-refractivity contribution >= 4 is 28.5 Å². The van der Waals surface area contributed by atoms with Crippen LogP contribution in [0.5, 0.6) is 11.5 Å². The van der Waals surface area contributed by atoms with E-state index in [0.29, 0.717) is 42.1 Å². The fourth-order valence-electron chi connectivity index (χ4n) is 3.95. The van der Waals surface area contributed by atoms with Crippen molar-refractivity contribution in [2.24, 2.45) is 0 Å². The number of para-hydroxylation sites is 2. The highest BCUT2D eigenvalue weighted by molar-refractivity contribution is 5.94. The van der Waals surface area contributed by atoms with Gasteiger partial charge in [0.25, 0.3) is 5.91 Å². The second-order valence-electron chi connectivity index (χ2n) is 7.94. The topological polar surface area (TPSA) is 94.5 Å². The largest absolute Gasteiger partial charge is 0.454 e. The molecule has 0 radical (unpaired) electrons. The number of aryl methyl sites for hydroxylation is 1. The Morgan fingerprint density at radius 2 is 1.74 bits per heavy atom. The molecule has 3 aromatic carbocycles. The first-order chi connectivity index (χ1) is 16.7. The minimum absolute atomic E-state index is 0.0998. The minimum atomic E-state index is -0.166. The number of ether oxygens (including phenoxy) is 2. The van der Waals surface area contributed by atoms with Crippen molar-refractivity contribution in [1.82, 2.24) is 14.9 Å². The van der Waals surface area contributed by atoms with Gasteiger partial charge in [-0.05, 0) is 42.8 Å². The molecule has 0 fully saturated rings. The van der Waals surface area contributed by atoms with Gasteiger partial charge in [0.2, 0.25) is 12.7 Å². The van der Waals surface area contributed by atoms with Gasteiger partial charge in [0.1, 0.15) is 12.4 Å². The molecule has 0 unspecified atom stereocenters. The molecule has 34 heavy (non-hydrogen) atoms. The number of amides is 2. The molecule has 0 atom stereocenters. The Balaban J connectivity index is 1.24. The third-order valence-electron chi connectivity index (χ3n) is 5.59. The predicted molar refractivity (Wildman–Crippen MR) is 128 cm³/mol. The summed E-state index contributed by atoms with van der Waals surface area (Å²) in [5, 5.41) is 5.86. The van der Waals surface area contributed by atoms with Crippen LogP contribution >= 0.6 is 0 Å². The summed E-state index contributed by atoms with van der Waals surface area (Å²) in [4.78, 5) is 29.8. The van der Waals surface area contributed by atoms with E-state index in [2.05, 4.69) is 10.6 Å². The lowest BCUT2D eigenvalue weighted by Gasteiger charge is -2.11. The predicted octanol–water partition coefficient (Wildman–Crippen LogP) is 3.77. The maximum atomic E-state index is 12.9. The Bertz CT molecular complexity index is 1330. The van der Waals surface area contributed by atoms with Crippen LogP contribution in [0.15, 0.2) is 72.8 Å². The molecule has 0 saturated heterocycles. The number of nitrogens with one attached hydrogen (secondary N) is 2. The standard InChI is InChI=1S/C26H24N4O4/c31-25(28-19-12-13-22-23(15-19)34-17-33-22)16-30-21-10-5-4-9-20(21)29-24(30)11-6-14-27-26(32)18-7-2-1-3-8-18/h1-5,7-10,12-13,15H,6,11,14,16-17H2,(H,27,32)(H,28,31). The van der Waals surface area contributed by atoms with E-state index in [4.69, 9.17) is 14.5 Å². The van der Waals surface area contributed by atoms with Crippen LogP contribution in [-0.2, 0) is 17.8 Å². The van der Waals surface area contributed by atoms with Crippen molar-refractivity contribution in [2.45, 2.75) is 19.4 Å². The summed E-state index contributed by atoms with van der Waals surface area (Å²) in [5.41, 5.74) is 3.01. The van der Waals surface area contributed by atoms with Crippen LogP contribution in [0.4, 0.5) is 5.69 Å². The van der Waals surface area contributed by atoms with E-state index in [0.717, 1.165) is 16.9 Å². The van der Waals surface area contributed by atoms with E-state index in [1.807, 2.05) is 47.0 Å². The number of benzene rings is 3. The zero-order valence-electron chi connectivity index (χ0n) is 18.5. The highest BCUT2D eigenvalue weighted by atomic mass is 16.7. The van der Waals surface area contributed by atoms with E-state index >= 15 is 0 Å². The van der Waals surface area contributed by atoms with Gasteiger partial charge in [-0.25, -0.2) is 4.98 Å². The molecule has 0 spiro atoms. The number of carbonyl (C=O) groups is 2. The molecule has 0 aliphatic carbocycles. The lowest BCUT2D eigenvalue weighted by atomic mass is 10.2. The number of hydrogen-bond donors (Lipinski definition) is 2. The van der Waals surface area contributed by atoms with Gasteiger partial charge >= 0.3 is 0 Å². The Hall–Kier alpha value is -4.33. The minimum Gasteiger partial charge on any atom is -0.454 e. The van der Waals surface area contributed by atoms with Crippen molar-refractivity contribution in [3.63, 3.8) is 0 Å². The van der Waals surface area contributed by atoms with Crippen molar-refractivity contribution < 1.29 is 19.1 Å². The van der Waals surface area contributed by atoms with E-state index in [9.17, 15) is 9.59 Å². The molecule has 2 N–H and O–H groups in total. The smallest absolute Gasteiger partial charge is 0.251 e. The summed E-state index contributed by atoms with van der Waals surface area (Å²) >= 11 is 0. The number of anilines is 1. The molecule has 2 amide bonds. The number of rotatable bonds is 8. The molecule has 172 valence electrons. The Morgan fingerprint density at radius 1 is 0.941 bits per heavy atom. The summed E-state index contributed by atoms with van der Waals surface area (Å²) < 4.78 is 12.6. The summed E-state index contributed by atoms with van der Waals surface area (Å²) in [6, 6.07) is 22.2. The monoisotopic (exact) mass is 456 g/mol. The van der Waals surface area contributed by atoms with Gasteiger partial charge in [0.15, 0.2) is 11.5 Å². The molecular formula is C26H24N4O4. The van der Waals surface area contributed by atoms with Crippen LogP contribution in [0, 0.1) is 0 Å². The molecule has 1 aliphatic rings. The van der Waals surface area contributed by atoms with Crippen LogP contribution in [0.25, 0.3) is 11.0 Å². The van der Waals surface area contributed by atoms with Gasteiger partial charge in [-0.1, -0.05) is 30.3 Å². The summed E-state index contributed by atoms with van der Waals surface area (Å²) in [6.45, 7) is 0.823. The normalized spacial score (nSPS) is 12.0. The number of hydrogen-bond acceptors (Lipinski definition) is 5. The number of fused-ring (bicyclic) bond motifs is 2. The lowest BCUT2D eigenvalue weighted by Crippen LogP contribution is -2.25. The maximum absolute atomic E-state index is 12.9. The van der Waals surface area contributed by atoms with Crippen LogP contribution in [-0.4, -0.2) is 34.7 Å². The molecule has 4 aromatic rings. The van der Waals surface area contributed by atoms with Crippen molar-refractivity contribution in [1.29, 1.82) is 0 Å². The third kappa shape index (κ3) is 4.71. The Kier molecular flexibility index (Phi) is 6.11. The average Bonchev–Trinajstić information content (AvgIpc) is 3.46. The van der Waals surface area contributed by atoms with Gasteiger partial charge in [-0.2, -0.15) is 0 Å². The fraction of sp³-hybridized carbons (Fsp3) is 0.192. The Morgan fingerprint density at radius 3 is 2.62 bits per heavy atom. The SMILES string of the molecule is O=C(Cn1c(CCCNC(=O)c2ccccc2)nc2ccccc21)Nc1ccc2c(c1)OCO2. The summed E-state index contributed by atoms with van der Waals surface area (Å²) in [5.74, 6) is 1.82. The van der Waals surface area contributed by atoms with E-state index in [-0.39, 0.29) is 25.2 Å². The first-order valence-corrected chi connectivity index (χ1v) is 11.1. The van der Waals surface area contributed by atoms with E-state index in [1.54, 1.807) is 30.3 Å². The highest BCUT2D eigenvalue weighted by Gasteiger charge is 2.16. The zero-order valence-corrected chi connectivity index (χ0v) is 18.5. The fourth-order valence-corrected chi connectivity index (χ4v) is 3.95. The third-order valence-corrected chi connectivity index (χ3v) is 5.59. The second-order valence-corrected chi connectivity index (χ2v) is 7.94. The molecule has 2 heterocycles. The maximum Gasteiger partial charge on any atom is 0.251 e. The van der Waals surface area contributed by atoms with Gasteiger partial charge in [0, 0.05) is 30.3 Å². The second kappa shape index (κ2) is 9.66. The van der Waals surface area contributed by atoms with Crippen LogP contribution in [0.3, 0.4) is 0 Å². The van der Waals surface area contributed by atoms with Gasteiger partial charge in [-0.3, -0.25) is 9.59 Å². The van der Waals surface area contributed by atoms with Crippen molar-refractivity contribution in [3.8, 4) is 11.5 Å². The zero-order chi connectivity index (χ0) is 23.3. The quantitative estimate of drug-likeness (QED) is 0.394. The molecule has 8 heteroatoms. The number of aromatic nitrogens is 2. The van der Waals surface area contributed by atoms with E-state index in [1.165, 1.54) is 0 Å². The molecule has 0 saturated carbocycles. The summed E-state index contributed by atoms with van der Waals surface area (Å²) in [6.07, 6.45) is 1.33. The van der Waals surface area contributed by atoms with Crippen molar-refractivity contribution in [3.05, 3.63) is 84.2 Å². The molecule has 0 bridgehead atoms. The van der Waals surface area contributed by atoms with Gasteiger partial charge in [0.05, 0.1) is 11.0 Å². The first-order valence-electron chi connectivity index (χ1n) is 11.1. The van der Waals surface area contributed by atoms with E-state index < -0.39 is 0 Å². The highest BCUT2D eigenvalue weighted by Crippen LogP contribution is 2.34.